The van der Waals surface area contributed by atoms with Crippen LogP contribution in [0.15, 0.2) is 31.0 Å². The van der Waals surface area contributed by atoms with Crippen LogP contribution in [0.1, 0.15) is 17.7 Å². The van der Waals surface area contributed by atoms with E-state index in [1.807, 2.05) is 18.2 Å². The Morgan fingerprint density at radius 1 is 1.53 bits per heavy atom. The fourth-order valence-corrected chi connectivity index (χ4v) is 1.29. The summed E-state index contributed by atoms with van der Waals surface area (Å²) in [5.41, 5.74) is 1.51. The van der Waals surface area contributed by atoms with Gasteiger partial charge in [-0.2, -0.15) is 5.26 Å². The molecule has 0 aliphatic rings. The van der Waals surface area contributed by atoms with Crippen molar-refractivity contribution in [3.05, 3.63) is 42.2 Å². The first-order chi connectivity index (χ1) is 8.36. The molecule has 4 nitrogen and oxygen atoms in total. The number of ether oxygens (including phenoxy) is 1. The van der Waals surface area contributed by atoms with Gasteiger partial charge >= 0.3 is 0 Å². The zero-order chi connectivity index (χ0) is 12.3. The molecule has 0 saturated carbocycles. The quantitative estimate of drug-likeness (QED) is 0.546. The Morgan fingerprint density at radius 2 is 2.41 bits per heavy atom. The van der Waals surface area contributed by atoms with Gasteiger partial charge in [0, 0.05) is 19.3 Å². The van der Waals surface area contributed by atoms with E-state index in [-0.39, 0.29) is 0 Å². The molecule has 0 aromatic carbocycles. The van der Waals surface area contributed by atoms with Crippen LogP contribution >= 0.6 is 0 Å². The normalized spacial score (nSPS) is 9.82. The van der Waals surface area contributed by atoms with Crippen LogP contribution < -0.4 is 5.32 Å². The first-order valence-corrected chi connectivity index (χ1v) is 5.61. The molecule has 1 aromatic rings. The van der Waals surface area contributed by atoms with Crippen molar-refractivity contribution in [2.45, 2.75) is 13.0 Å². The monoisotopic (exact) mass is 231 g/mol. The average Bonchev–Trinajstić information content (AvgIpc) is 2.38. The van der Waals surface area contributed by atoms with E-state index in [9.17, 15) is 0 Å². The molecule has 1 heterocycles. The van der Waals surface area contributed by atoms with Gasteiger partial charge in [0.1, 0.15) is 11.8 Å². The molecule has 1 N–H and O–H groups in total. The number of nitrogens with one attached hydrogen (secondary N) is 1. The van der Waals surface area contributed by atoms with Crippen molar-refractivity contribution in [2.75, 3.05) is 19.8 Å². The molecule has 4 heteroatoms. The minimum atomic E-state index is 0.450. The first kappa shape index (κ1) is 13.4. The van der Waals surface area contributed by atoms with Crippen molar-refractivity contribution in [3.63, 3.8) is 0 Å². The summed E-state index contributed by atoms with van der Waals surface area (Å²) in [6, 6.07) is 5.70. The van der Waals surface area contributed by atoms with Crippen molar-refractivity contribution >= 4 is 0 Å². The van der Waals surface area contributed by atoms with E-state index in [4.69, 9.17) is 10.00 Å². The third-order valence-corrected chi connectivity index (χ3v) is 2.16. The van der Waals surface area contributed by atoms with E-state index in [1.165, 1.54) is 0 Å². The van der Waals surface area contributed by atoms with Gasteiger partial charge in [-0.25, -0.2) is 4.98 Å². The Kier molecular flexibility index (Phi) is 6.64. The molecule has 0 fully saturated rings. The summed E-state index contributed by atoms with van der Waals surface area (Å²) < 4.78 is 5.36. The molecule has 0 aliphatic heterocycles. The summed E-state index contributed by atoms with van der Waals surface area (Å²) in [7, 11) is 0. The smallest absolute Gasteiger partial charge is 0.140 e. The van der Waals surface area contributed by atoms with E-state index >= 15 is 0 Å². The van der Waals surface area contributed by atoms with Gasteiger partial charge in [-0.05, 0) is 24.1 Å². The summed E-state index contributed by atoms with van der Waals surface area (Å²) in [6.07, 6.45) is 4.37. The fourth-order valence-electron chi connectivity index (χ4n) is 1.29. The summed E-state index contributed by atoms with van der Waals surface area (Å²) in [5, 5.41) is 11.9. The second-order valence-corrected chi connectivity index (χ2v) is 3.53. The maximum Gasteiger partial charge on any atom is 0.140 e. The zero-order valence-corrected chi connectivity index (χ0v) is 9.85. The fraction of sp³-hybridized carbons (Fsp3) is 0.385. The van der Waals surface area contributed by atoms with Gasteiger partial charge < -0.3 is 10.1 Å². The predicted molar refractivity (Wildman–Crippen MR) is 66.3 cm³/mol. The van der Waals surface area contributed by atoms with Crippen molar-refractivity contribution in [1.29, 1.82) is 5.26 Å². The van der Waals surface area contributed by atoms with Gasteiger partial charge in [0.2, 0.25) is 0 Å². The number of nitriles is 1. The summed E-state index contributed by atoms with van der Waals surface area (Å²) in [5.74, 6) is 0. The summed E-state index contributed by atoms with van der Waals surface area (Å²) in [6.45, 7) is 6.55. The highest BCUT2D eigenvalue weighted by Crippen LogP contribution is 1.99. The van der Waals surface area contributed by atoms with Crippen LogP contribution in [0.25, 0.3) is 0 Å². The molecule has 0 saturated heterocycles. The number of nitrogens with zero attached hydrogens (tertiary/aromatic N) is 2. The second kappa shape index (κ2) is 8.45. The Labute approximate surface area is 102 Å². The van der Waals surface area contributed by atoms with Gasteiger partial charge in [-0.1, -0.05) is 6.08 Å². The van der Waals surface area contributed by atoms with E-state index < -0.39 is 0 Å². The molecule has 17 heavy (non-hydrogen) atoms. The lowest BCUT2D eigenvalue weighted by atomic mass is 10.2. The minimum Gasteiger partial charge on any atom is -0.380 e. The third-order valence-electron chi connectivity index (χ3n) is 2.16. The Morgan fingerprint density at radius 3 is 3.18 bits per heavy atom. The van der Waals surface area contributed by atoms with Gasteiger partial charge in [-0.3, -0.25) is 0 Å². The zero-order valence-electron chi connectivity index (χ0n) is 9.85. The van der Waals surface area contributed by atoms with Crippen molar-refractivity contribution < 1.29 is 4.74 Å². The SMILES string of the molecule is C=CCCOCCNCc1ccnc(C#N)c1. The number of aromatic nitrogens is 1. The van der Waals surface area contributed by atoms with Gasteiger partial charge in [-0.15, -0.1) is 6.58 Å². The van der Waals surface area contributed by atoms with Crippen molar-refractivity contribution in [1.82, 2.24) is 10.3 Å². The molecule has 0 radical (unpaired) electrons. The van der Waals surface area contributed by atoms with Crippen LogP contribution in [0.2, 0.25) is 0 Å². The second-order valence-electron chi connectivity index (χ2n) is 3.53. The first-order valence-electron chi connectivity index (χ1n) is 5.61. The van der Waals surface area contributed by atoms with Gasteiger partial charge in [0.15, 0.2) is 0 Å². The molecular weight excluding hydrogens is 214 g/mol. The molecular formula is C13H17N3O. The number of hydrogen-bond acceptors (Lipinski definition) is 4. The molecule has 0 amide bonds. The highest BCUT2D eigenvalue weighted by molar-refractivity contribution is 5.25. The van der Waals surface area contributed by atoms with E-state index in [2.05, 4.69) is 16.9 Å². The standard InChI is InChI=1S/C13H17N3O/c1-2-3-7-17-8-6-15-11-12-4-5-16-13(9-12)10-14/h2,4-5,9,15H,1,3,6-8,11H2. The molecule has 0 spiro atoms. The molecule has 1 rings (SSSR count). The molecule has 1 aromatic heterocycles. The molecule has 0 aliphatic carbocycles. The molecule has 0 atom stereocenters. The molecule has 90 valence electrons. The molecule has 0 bridgehead atoms. The van der Waals surface area contributed by atoms with Crippen LogP contribution in [0, 0.1) is 11.3 Å². The third kappa shape index (κ3) is 5.81. The lowest BCUT2D eigenvalue weighted by molar-refractivity contribution is 0.140. The predicted octanol–water partition coefficient (Wildman–Crippen LogP) is 1.64. The number of rotatable bonds is 8. The van der Waals surface area contributed by atoms with Crippen molar-refractivity contribution in [2.24, 2.45) is 0 Å². The summed E-state index contributed by atoms with van der Waals surface area (Å²) >= 11 is 0. The van der Waals surface area contributed by atoms with Crippen LogP contribution in [0.5, 0.6) is 0 Å². The van der Waals surface area contributed by atoms with Crippen LogP contribution in [0.3, 0.4) is 0 Å². The van der Waals surface area contributed by atoms with Crippen LogP contribution in [-0.4, -0.2) is 24.7 Å². The van der Waals surface area contributed by atoms with E-state index in [0.29, 0.717) is 12.3 Å². The van der Waals surface area contributed by atoms with Gasteiger partial charge in [0.25, 0.3) is 0 Å². The largest absolute Gasteiger partial charge is 0.380 e. The lowest BCUT2D eigenvalue weighted by Crippen LogP contribution is -2.19. The molecule has 0 unspecified atom stereocenters. The maximum atomic E-state index is 8.69. The highest BCUT2D eigenvalue weighted by Gasteiger charge is 1.95. The van der Waals surface area contributed by atoms with E-state index in [1.54, 1.807) is 12.3 Å². The van der Waals surface area contributed by atoms with Crippen LogP contribution in [0.4, 0.5) is 0 Å². The number of pyridine rings is 1. The van der Waals surface area contributed by atoms with Gasteiger partial charge in [0.05, 0.1) is 13.2 Å². The minimum absolute atomic E-state index is 0.450. The lowest BCUT2D eigenvalue weighted by Gasteiger charge is -2.05. The van der Waals surface area contributed by atoms with E-state index in [0.717, 1.165) is 31.7 Å². The van der Waals surface area contributed by atoms with Crippen LogP contribution in [-0.2, 0) is 11.3 Å². The Bertz CT molecular complexity index is 384. The Balaban J connectivity index is 2.13. The topological polar surface area (TPSA) is 57.9 Å². The Hall–Kier alpha value is -1.70. The summed E-state index contributed by atoms with van der Waals surface area (Å²) in [4.78, 5) is 3.91. The highest BCUT2D eigenvalue weighted by atomic mass is 16.5. The average molecular weight is 231 g/mol. The maximum absolute atomic E-state index is 8.69. The number of hydrogen-bond donors (Lipinski definition) is 1. The van der Waals surface area contributed by atoms with Crippen molar-refractivity contribution in [3.8, 4) is 6.07 Å².